The van der Waals surface area contributed by atoms with Crippen LogP contribution in [0.2, 0.25) is 0 Å². The lowest BCUT2D eigenvalue weighted by Crippen LogP contribution is -2.36. The molecule has 8 heteroatoms. The molecule has 1 fully saturated rings. The Morgan fingerprint density at radius 2 is 1.86 bits per heavy atom. The van der Waals surface area contributed by atoms with Crippen LogP contribution in [-0.2, 0) is 16.1 Å². The number of halogens is 1. The van der Waals surface area contributed by atoms with Gasteiger partial charge in [0, 0.05) is 29.3 Å². The lowest BCUT2D eigenvalue weighted by Gasteiger charge is -2.14. The predicted octanol–water partition coefficient (Wildman–Crippen LogP) is 6.12. The molecule has 37 heavy (non-hydrogen) atoms. The highest BCUT2D eigenvalue weighted by Gasteiger charge is 2.36. The fraction of sp³-hybridized carbons (Fsp3) is 0.138. The molecule has 1 aromatic heterocycles. The molecule has 3 amide bonds. The van der Waals surface area contributed by atoms with Gasteiger partial charge in [-0.2, -0.15) is 0 Å². The van der Waals surface area contributed by atoms with Crippen LogP contribution in [0.3, 0.4) is 0 Å². The molecule has 0 aliphatic carbocycles. The Hall–Kier alpha value is -4.17. The molecule has 1 aliphatic heterocycles. The minimum absolute atomic E-state index is 0.267. The van der Waals surface area contributed by atoms with E-state index in [-0.39, 0.29) is 17.3 Å². The van der Waals surface area contributed by atoms with Crippen LogP contribution in [0.25, 0.3) is 17.0 Å². The van der Waals surface area contributed by atoms with E-state index >= 15 is 0 Å². The molecule has 1 saturated heterocycles. The summed E-state index contributed by atoms with van der Waals surface area (Å²) < 4.78 is 15.6. The Morgan fingerprint density at radius 3 is 2.65 bits per heavy atom. The summed E-state index contributed by atoms with van der Waals surface area (Å²) >= 11 is 0.822. The van der Waals surface area contributed by atoms with E-state index in [0.29, 0.717) is 12.2 Å². The number of nitrogens with zero attached hydrogens (tertiary/aromatic N) is 2. The van der Waals surface area contributed by atoms with E-state index in [0.717, 1.165) is 49.8 Å². The molecule has 1 aliphatic rings. The summed E-state index contributed by atoms with van der Waals surface area (Å²) in [5.41, 5.74) is 5.22. The average Bonchev–Trinajstić information content (AvgIpc) is 3.36. The van der Waals surface area contributed by atoms with E-state index in [1.54, 1.807) is 18.2 Å². The number of hydrogen-bond donors (Lipinski definition) is 1. The first-order valence-electron chi connectivity index (χ1n) is 11.7. The first-order valence-corrected chi connectivity index (χ1v) is 12.5. The van der Waals surface area contributed by atoms with Crippen LogP contribution in [0.4, 0.5) is 14.9 Å². The molecule has 4 aromatic rings. The maximum atomic E-state index is 13.5. The van der Waals surface area contributed by atoms with E-state index in [9.17, 15) is 18.8 Å². The molecule has 3 aromatic carbocycles. The van der Waals surface area contributed by atoms with Crippen molar-refractivity contribution in [1.29, 1.82) is 0 Å². The van der Waals surface area contributed by atoms with Gasteiger partial charge < -0.3 is 9.88 Å². The monoisotopic (exact) mass is 513 g/mol. The molecule has 0 atom stereocenters. The number of hydrogen-bond acceptors (Lipinski definition) is 4. The number of rotatable bonds is 6. The number of amides is 3. The summed E-state index contributed by atoms with van der Waals surface area (Å²) in [7, 11) is 0. The molecular formula is C29H24FN3O3S. The van der Waals surface area contributed by atoms with Crippen molar-refractivity contribution in [1.82, 2.24) is 9.47 Å². The van der Waals surface area contributed by atoms with Crippen LogP contribution in [0.15, 0.2) is 77.8 Å². The normalized spacial score (nSPS) is 14.7. The highest BCUT2D eigenvalue weighted by atomic mass is 32.2. The molecule has 0 spiro atoms. The average molecular weight is 514 g/mol. The van der Waals surface area contributed by atoms with E-state index in [1.807, 2.05) is 67.1 Å². The third kappa shape index (κ3) is 5.34. The second-order valence-electron chi connectivity index (χ2n) is 9.03. The standard InChI is InChI=1S/C29H24FN3O3S/c1-18-6-8-24(19(2)12-18)31-27(34)17-33-28(35)26(37-29(33)36)15-20-7-9-25-22(13-20)10-11-32(25)16-21-4-3-5-23(30)14-21/h3-15H,16-17H2,1-2H3,(H,31,34)/b26-15+. The predicted molar refractivity (Wildman–Crippen MR) is 145 cm³/mol. The van der Waals surface area contributed by atoms with Crippen LogP contribution in [0, 0.1) is 19.7 Å². The summed E-state index contributed by atoms with van der Waals surface area (Å²) in [6.07, 6.45) is 3.60. The molecular weight excluding hydrogens is 489 g/mol. The Bertz CT molecular complexity index is 1590. The maximum Gasteiger partial charge on any atom is 0.294 e. The zero-order valence-corrected chi connectivity index (χ0v) is 21.1. The topological polar surface area (TPSA) is 71.4 Å². The van der Waals surface area contributed by atoms with Crippen LogP contribution in [0.1, 0.15) is 22.3 Å². The number of benzene rings is 3. The number of aryl methyl sites for hydroxylation is 2. The summed E-state index contributed by atoms with van der Waals surface area (Å²) in [6.45, 7) is 4.03. The quantitative estimate of drug-likeness (QED) is 0.315. The third-order valence-electron chi connectivity index (χ3n) is 6.17. The lowest BCUT2D eigenvalue weighted by atomic mass is 10.1. The molecule has 5 rings (SSSR count). The van der Waals surface area contributed by atoms with Crippen molar-refractivity contribution in [2.75, 3.05) is 11.9 Å². The fourth-order valence-corrected chi connectivity index (χ4v) is 5.19. The van der Waals surface area contributed by atoms with E-state index in [4.69, 9.17) is 0 Å². The van der Waals surface area contributed by atoms with Crippen molar-refractivity contribution in [3.63, 3.8) is 0 Å². The van der Waals surface area contributed by atoms with Gasteiger partial charge in [0.2, 0.25) is 5.91 Å². The third-order valence-corrected chi connectivity index (χ3v) is 7.07. The van der Waals surface area contributed by atoms with Gasteiger partial charge in [0.25, 0.3) is 11.1 Å². The van der Waals surface area contributed by atoms with Crippen molar-refractivity contribution in [2.24, 2.45) is 0 Å². The van der Waals surface area contributed by atoms with Crippen molar-refractivity contribution in [3.8, 4) is 0 Å². The summed E-state index contributed by atoms with van der Waals surface area (Å²) in [4.78, 5) is 39.2. The number of aromatic nitrogens is 1. The number of thioether (sulfide) groups is 1. The van der Waals surface area contributed by atoms with Crippen LogP contribution in [0.5, 0.6) is 0 Å². The van der Waals surface area contributed by atoms with Gasteiger partial charge in [0.1, 0.15) is 12.4 Å². The molecule has 0 bridgehead atoms. The number of carbonyl (C=O) groups is 3. The minimum atomic E-state index is -0.491. The number of fused-ring (bicyclic) bond motifs is 1. The second kappa shape index (κ2) is 10.1. The van der Waals surface area contributed by atoms with Gasteiger partial charge in [-0.25, -0.2) is 4.39 Å². The molecule has 2 heterocycles. The zero-order valence-electron chi connectivity index (χ0n) is 20.3. The Morgan fingerprint density at radius 1 is 1.03 bits per heavy atom. The van der Waals surface area contributed by atoms with Crippen LogP contribution >= 0.6 is 11.8 Å². The first kappa shape index (κ1) is 24.5. The van der Waals surface area contributed by atoms with Gasteiger partial charge in [-0.1, -0.05) is 35.9 Å². The van der Waals surface area contributed by atoms with Gasteiger partial charge in [-0.15, -0.1) is 0 Å². The molecule has 6 nitrogen and oxygen atoms in total. The van der Waals surface area contributed by atoms with E-state index in [1.165, 1.54) is 12.1 Å². The SMILES string of the molecule is Cc1ccc(NC(=O)CN2C(=O)S/C(=C/c3ccc4c(ccn4Cc4cccc(F)c4)c3)C2=O)c(C)c1. The molecule has 0 unspecified atom stereocenters. The summed E-state index contributed by atoms with van der Waals surface area (Å²) in [5.74, 6) is -1.20. The van der Waals surface area contributed by atoms with Crippen molar-refractivity contribution >= 4 is 51.5 Å². The van der Waals surface area contributed by atoms with Gasteiger partial charge in [0.05, 0.1) is 4.91 Å². The first-order chi connectivity index (χ1) is 17.8. The smallest absolute Gasteiger partial charge is 0.294 e. The number of imide groups is 1. The molecule has 0 saturated carbocycles. The highest BCUT2D eigenvalue weighted by Crippen LogP contribution is 2.33. The molecule has 0 radical (unpaired) electrons. The van der Waals surface area contributed by atoms with Gasteiger partial charge in [-0.3, -0.25) is 19.3 Å². The zero-order chi connectivity index (χ0) is 26.1. The van der Waals surface area contributed by atoms with Crippen LogP contribution < -0.4 is 5.32 Å². The van der Waals surface area contributed by atoms with Crippen molar-refractivity contribution < 1.29 is 18.8 Å². The molecule has 186 valence electrons. The van der Waals surface area contributed by atoms with E-state index < -0.39 is 17.1 Å². The van der Waals surface area contributed by atoms with Gasteiger partial charge in [-0.05, 0) is 84.8 Å². The van der Waals surface area contributed by atoms with Crippen molar-refractivity contribution in [3.05, 3.63) is 106 Å². The number of carbonyl (C=O) groups excluding carboxylic acids is 3. The van der Waals surface area contributed by atoms with Gasteiger partial charge >= 0.3 is 0 Å². The maximum absolute atomic E-state index is 13.5. The largest absolute Gasteiger partial charge is 0.343 e. The van der Waals surface area contributed by atoms with Crippen molar-refractivity contribution in [2.45, 2.75) is 20.4 Å². The summed E-state index contributed by atoms with van der Waals surface area (Å²) in [6, 6.07) is 19.8. The number of anilines is 1. The van der Waals surface area contributed by atoms with E-state index in [2.05, 4.69) is 5.32 Å². The Balaban J connectivity index is 1.29. The second-order valence-corrected chi connectivity index (χ2v) is 10.0. The Labute approximate surface area is 217 Å². The highest BCUT2D eigenvalue weighted by molar-refractivity contribution is 8.18. The summed E-state index contributed by atoms with van der Waals surface area (Å²) in [5, 5.41) is 3.25. The minimum Gasteiger partial charge on any atom is -0.343 e. The fourth-order valence-electron chi connectivity index (χ4n) is 4.35. The van der Waals surface area contributed by atoms with Crippen LogP contribution in [-0.4, -0.2) is 33.1 Å². The Kier molecular flexibility index (Phi) is 6.67. The lowest BCUT2D eigenvalue weighted by molar-refractivity contribution is -0.127. The molecule has 1 N–H and O–H groups in total. The van der Waals surface area contributed by atoms with Gasteiger partial charge in [0.15, 0.2) is 0 Å². The number of nitrogens with one attached hydrogen (secondary N) is 1.